The first-order chi connectivity index (χ1) is 9.08. The van der Waals surface area contributed by atoms with E-state index in [-0.39, 0.29) is 23.5 Å². The van der Waals surface area contributed by atoms with Crippen LogP contribution in [0.15, 0.2) is 16.5 Å². The van der Waals surface area contributed by atoms with Gasteiger partial charge < -0.3 is 14.8 Å². The number of carbonyl (C=O) groups is 2. The highest BCUT2D eigenvalue weighted by atomic mass is 16.4. The number of aryl methyl sites for hydroxylation is 1. The summed E-state index contributed by atoms with van der Waals surface area (Å²) in [5, 5.41) is 11.9. The second-order valence-corrected chi connectivity index (χ2v) is 5.11. The standard InChI is InChI=1S/C14H19NO4/c1-9-6-7-12(19-9)13(16)15-8-10-4-2-3-5-11(10)14(17)18/h6-7,10-11H,2-5,8H2,1H3,(H,15,16)(H,17,18)/t10-,11-/m0/s1. The van der Waals surface area contributed by atoms with Gasteiger partial charge in [-0.1, -0.05) is 12.8 Å². The lowest BCUT2D eigenvalue weighted by atomic mass is 9.79. The number of aliphatic carboxylic acids is 1. The largest absolute Gasteiger partial charge is 0.481 e. The molecule has 0 unspecified atom stereocenters. The SMILES string of the molecule is Cc1ccc(C(=O)NC[C@@H]2CCCC[C@@H]2C(=O)O)o1. The predicted molar refractivity (Wildman–Crippen MR) is 68.9 cm³/mol. The number of amides is 1. The van der Waals surface area contributed by atoms with Gasteiger partial charge in [0.05, 0.1) is 5.92 Å². The molecular weight excluding hydrogens is 246 g/mol. The van der Waals surface area contributed by atoms with E-state index in [1.165, 1.54) is 0 Å². The molecule has 1 saturated carbocycles. The summed E-state index contributed by atoms with van der Waals surface area (Å²) < 4.78 is 5.23. The topological polar surface area (TPSA) is 79.5 Å². The van der Waals surface area contributed by atoms with E-state index in [0.29, 0.717) is 18.7 Å². The van der Waals surface area contributed by atoms with E-state index in [9.17, 15) is 9.59 Å². The van der Waals surface area contributed by atoms with Crippen LogP contribution >= 0.6 is 0 Å². The van der Waals surface area contributed by atoms with Crippen molar-refractivity contribution in [1.29, 1.82) is 0 Å². The van der Waals surface area contributed by atoms with Crippen LogP contribution in [0.1, 0.15) is 42.0 Å². The monoisotopic (exact) mass is 265 g/mol. The van der Waals surface area contributed by atoms with Crippen molar-refractivity contribution >= 4 is 11.9 Å². The molecule has 5 heteroatoms. The molecule has 5 nitrogen and oxygen atoms in total. The molecule has 2 rings (SSSR count). The molecule has 0 bridgehead atoms. The molecule has 1 aliphatic rings. The molecule has 1 aromatic rings. The third kappa shape index (κ3) is 3.36. The van der Waals surface area contributed by atoms with Crippen molar-refractivity contribution in [3.8, 4) is 0 Å². The lowest BCUT2D eigenvalue weighted by Gasteiger charge is -2.28. The summed E-state index contributed by atoms with van der Waals surface area (Å²) >= 11 is 0. The number of hydrogen-bond acceptors (Lipinski definition) is 3. The van der Waals surface area contributed by atoms with Crippen molar-refractivity contribution < 1.29 is 19.1 Å². The molecule has 1 aromatic heterocycles. The van der Waals surface area contributed by atoms with E-state index in [1.54, 1.807) is 19.1 Å². The number of furan rings is 1. The zero-order valence-corrected chi connectivity index (χ0v) is 11.0. The quantitative estimate of drug-likeness (QED) is 0.874. The summed E-state index contributed by atoms with van der Waals surface area (Å²) in [6.07, 6.45) is 3.55. The van der Waals surface area contributed by atoms with E-state index in [2.05, 4.69) is 5.32 Å². The van der Waals surface area contributed by atoms with Gasteiger partial charge in [0.1, 0.15) is 5.76 Å². The Morgan fingerprint density at radius 3 is 2.74 bits per heavy atom. The summed E-state index contributed by atoms with van der Waals surface area (Å²) in [4.78, 5) is 23.0. The van der Waals surface area contributed by atoms with Crippen LogP contribution in [0.3, 0.4) is 0 Å². The highest BCUT2D eigenvalue weighted by Crippen LogP contribution is 2.29. The third-order valence-corrected chi connectivity index (χ3v) is 3.72. The first-order valence-electron chi connectivity index (χ1n) is 6.65. The predicted octanol–water partition coefficient (Wildman–Crippen LogP) is 2.21. The Morgan fingerprint density at radius 1 is 1.37 bits per heavy atom. The average Bonchev–Trinajstić information content (AvgIpc) is 2.83. The number of carbonyl (C=O) groups excluding carboxylic acids is 1. The van der Waals surface area contributed by atoms with E-state index in [0.717, 1.165) is 19.3 Å². The second kappa shape index (κ2) is 5.91. The molecule has 1 aliphatic carbocycles. The number of hydrogen-bond donors (Lipinski definition) is 2. The normalized spacial score (nSPS) is 23.0. The van der Waals surface area contributed by atoms with Crippen molar-refractivity contribution in [2.24, 2.45) is 11.8 Å². The van der Waals surface area contributed by atoms with Crippen LogP contribution in [-0.4, -0.2) is 23.5 Å². The Balaban J connectivity index is 1.90. The maximum absolute atomic E-state index is 11.8. The van der Waals surface area contributed by atoms with Gasteiger partial charge in [0, 0.05) is 6.54 Å². The van der Waals surface area contributed by atoms with Crippen LogP contribution in [0.4, 0.5) is 0 Å². The van der Waals surface area contributed by atoms with Gasteiger partial charge in [0.2, 0.25) is 0 Å². The molecule has 19 heavy (non-hydrogen) atoms. The van der Waals surface area contributed by atoms with Crippen molar-refractivity contribution in [2.45, 2.75) is 32.6 Å². The van der Waals surface area contributed by atoms with E-state index >= 15 is 0 Å². The molecule has 1 fully saturated rings. The highest BCUT2D eigenvalue weighted by Gasteiger charge is 2.31. The number of nitrogens with one attached hydrogen (secondary N) is 1. The Kier molecular flexibility index (Phi) is 4.24. The van der Waals surface area contributed by atoms with Crippen LogP contribution in [0.25, 0.3) is 0 Å². The smallest absolute Gasteiger partial charge is 0.306 e. The molecular formula is C14H19NO4. The molecule has 0 aromatic carbocycles. The maximum Gasteiger partial charge on any atom is 0.306 e. The fraction of sp³-hybridized carbons (Fsp3) is 0.571. The summed E-state index contributed by atoms with van der Waals surface area (Å²) in [5.41, 5.74) is 0. The van der Waals surface area contributed by atoms with Gasteiger partial charge in [-0.2, -0.15) is 0 Å². The average molecular weight is 265 g/mol. The first kappa shape index (κ1) is 13.6. The number of carboxylic acids is 1. The van der Waals surface area contributed by atoms with Crippen molar-refractivity contribution in [2.75, 3.05) is 6.54 Å². The lowest BCUT2D eigenvalue weighted by molar-refractivity contribution is -0.144. The first-order valence-corrected chi connectivity index (χ1v) is 6.65. The Morgan fingerprint density at radius 2 is 2.11 bits per heavy atom. The summed E-state index contributed by atoms with van der Waals surface area (Å²) in [6, 6.07) is 3.36. The molecule has 0 saturated heterocycles. The van der Waals surface area contributed by atoms with Crippen molar-refractivity contribution in [1.82, 2.24) is 5.32 Å². The fourth-order valence-electron chi connectivity index (χ4n) is 2.64. The summed E-state index contributed by atoms with van der Waals surface area (Å²) in [7, 11) is 0. The zero-order chi connectivity index (χ0) is 13.8. The number of rotatable bonds is 4. The summed E-state index contributed by atoms with van der Waals surface area (Å²) in [5.74, 6) is -0.388. The minimum absolute atomic E-state index is 0.0197. The fourth-order valence-corrected chi connectivity index (χ4v) is 2.64. The highest BCUT2D eigenvalue weighted by molar-refractivity contribution is 5.91. The van der Waals surface area contributed by atoms with Gasteiger partial charge >= 0.3 is 5.97 Å². The van der Waals surface area contributed by atoms with E-state index in [1.807, 2.05) is 0 Å². The zero-order valence-electron chi connectivity index (χ0n) is 11.0. The Bertz CT molecular complexity index is 466. The van der Waals surface area contributed by atoms with Gasteiger partial charge in [-0.25, -0.2) is 0 Å². The number of carboxylic acid groups (broad SMARTS) is 1. The van der Waals surface area contributed by atoms with Gasteiger partial charge in [-0.15, -0.1) is 0 Å². The molecule has 0 aliphatic heterocycles. The van der Waals surface area contributed by atoms with Crippen LogP contribution in [0.2, 0.25) is 0 Å². The van der Waals surface area contributed by atoms with Gasteiger partial charge in [-0.05, 0) is 37.8 Å². The molecule has 1 amide bonds. The minimum atomic E-state index is -0.757. The van der Waals surface area contributed by atoms with Crippen molar-refractivity contribution in [3.05, 3.63) is 23.7 Å². The molecule has 2 N–H and O–H groups in total. The molecule has 104 valence electrons. The van der Waals surface area contributed by atoms with Crippen LogP contribution in [-0.2, 0) is 4.79 Å². The summed E-state index contributed by atoms with van der Waals surface area (Å²) in [6.45, 7) is 2.17. The third-order valence-electron chi connectivity index (χ3n) is 3.72. The molecule has 0 radical (unpaired) electrons. The lowest BCUT2D eigenvalue weighted by Crippen LogP contribution is -2.37. The van der Waals surface area contributed by atoms with Gasteiger partial charge in [0.25, 0.3) is 5.91 Å². The van der Waals surface area contributed by atoms with Gasteiger partial charge in [0.15, 0.2) is 5.76 Å². The Hall–Kier alpha value is -1.78. The molecule has 0 spiro atoms. The van der Waals surface area contributed by atoms with Crippen LogP contribution in [0.5, 0.6) is 0 Å². The Labute approximate surface area is 112 Å². The minimum Gasteiger partial charge on any atom is -0.481 e. The molecule has 1 heterocycles. The second-order valence-electron chi connectivity index (χ2n) is 5.11. The maximum atomic E-state index is 11.8. The van der Waals surface area contributed by atoms with E-state index in [4.69, 9.17) is 9.52 Å². The van der Waals surface area contributed by atoms with Gasteiger partial charge in [-0.3, -0.25) is 9.59 Å². The molecule has 2 atom stereocenters. The van der Waals surface area contributed by atoms with Crippen molar-refractivity contribution in [3.63, 3.8) is 0 Å². The van der Waals surface area contributed by atoms with Crippen LogP contribution < -0.4 is 5.32 Å². The van der Waals surface area contributed by atoms with E-state index < -0.39 is 5.97 Å². The van der Waals surface area contributed by atoms with Crippen LogP contribution in [0, 0.1) is 18.8 Å².